The Bertz CT molecular complexity index is 716. The van der Waals surface area contributed by atoms with Crippen LogP contribution in [0.15, 0.2) is 0 Å². The highest BCUT2D eigenvalue weighted by Crippen LogP contribution is 2.45. The normalized spacial score (nSPS) is 21.5. The maximum Gasteiger partial charge on any atom is 0.408 e. The van der Waals surface area contributed by atoms with Crippen molar-refractivity contribution in [3.8, 4) is 0 Å². The molecule has 1 rings (SSSR count). The van der Waals surface area contributed by atoms with Crippen LogP contribution in [0, 0.1) is 5.92 Å². The predicted octanol–water partition coefficient (Wildman–Crippen LogP) is -0.330. The lowest BCUT2D eigenvalue weighted by atomic mass is 9.96. The van der Waals surface area contributed by atoms with Crippen LogP contribution in [0.25, 0.3) is 0 Å². The number of rotatable bonds is 8. The van der Waals surface area contributed by atoms with E-state index in [4.69, 9.17) is 10.5 Å². The summed E-state index contributed by atoms with van der Waals surface area (Å²) >= 11 is 0. The summed E-state index contributed by atoms with van der Waals surface area (Å²) in [7, 11) is 1.15. The van der Waals surface area contributed by atoms with Crippen molar-refractivity contribution in [3.63, 3.8) is 0 Å². The molecule has 0 aromatic carbocycles. The van der Waals surface area contributed by atoms with Crippen LogP contribution in [-0.4, -0.2) is 71.6 Å². The minimum atomic E-state index is -1.95. The molecule has 1 heterocycles. The maximum absolute atomic E-state index is 13.0. The molecule has 2 unspecified atom stereocenters. The van der Waals surface area contributed by atoms with Gasteiger partial charge in [0, 0.05) is 0 Å². The van der Waals surface area contributed by atoms with Crippen molar-refractivity contribution in [1.82, 2.24) is 15.5 Å². The molecule has 0 spiro atoms. The molecule has 0 aromatic heterocycles. The van der Waals surface area contributed by atoms with Crippen LogP contribution in [0.3, 0.4) is 0 Å². The second kappa shape index (κ2) is 9.31. The van der Waals surface area contributed by atoms with Crippen LogP contribution in [0.1, 0.15) is 48.0 Å². The van der Waals surface area contributed by atoms with E-state index in [1.165, 1.54) is 6.92 Å². The quantitative estimate of drug-likeness (QED) is 0.271. The van der Waals surface area contributed by atoms with E-state index in [1.54, 1.807) is 20.8 Å². The molecule has 1 aliphatic rings. The van der Waals surface area contributed by atoms with Crippen molar-refractivity contribution >= 4 is 29.8 Å². The van der Waals surface area contributed by atoms with Crippen LogP contribution in [0.5, 0.6) is 0 Å². The molecule has 0 bridgehead atoms. The summed E-state index contributed by atoms with van der Waals surface area (Å²) < 4.78 is 9.60. The lowest BCUT2D eigenvalue weighted by Crippen LogP contribution is -2.54. The van der Waals surface area contributed by atoms with Crippen molar-refractivity contribution in [1.29, 1.82) is 0 Å². The molecular formula is C19H32N4O7. The van der Waals surface area contributed by atoms with E-state index in [1.807, 2.05) is 13.8 Å². The molecule has 30 heavy (non-hydrogen) atoms. The van der Waals surface area contributed by atoms with Crippen LogP contribution >= 0.6 is 0 Å². The molecule has 0 aliphatic carbocycles. The molecule has 1 fully saturated rings. The third-order valence-corrected chi connectivity index (χ3v) is 4.48. The van der Waals surface area contributed by atoms with Crippen LogP contribution in [0.2, 0.25) is 0 Å². The standard InChI is InChI=1S/C19H32N4O7/c1-10(2)8-12-19(15(20)26,16(27)21-9-13(24)29-7)23(12)14(25)11(3)22-17(28)30-18(4,5)6/h10-12H,8-9H2,1-7H3,(H2,20,26)(H,21,27)(H,22,28)/t11-,12?,19?,23?/m0/s1. The van der Waals surface area contributed by atoms with E-state index < -0.39 is 59.6 Å². The zero-order valence-electron chi connectivity index (χ0n) is 18.5. The number of carbonyl (C=O) groups is 5. The topological polar surface area (TPSA) is 157 Å². The monoisotopic (exact) mass is 428 g/mol. The zero-order valence-corrected chi connectivity index (χ0v) is 18.5. The summed E-state index contributed by atoms with van der Waals surface area (Å²) in [6.07, 6.45) is -0.495. The Balaban J connectivity index is 3.08. The average molecular weight is 428 g/mol. The van der Waals surface area contributed by atoms with Gasteiger partial charge in [-0.05, 0) is 40.0 Å². The predicted molar refractivity (Wildman–Crippen MR) is 106 cm³/mol. The van der Waals surface area contributed by atoms with Gasteiger partial charge in [-0.2, -0.15) is 0 Å². The molecule has 4 amide bonds. The number of hydrogen-bond donors (Lipinski definition) is 3. The lowest BCUT2D eigenvalue weighted by Gasteiger charge is -2.22. The molecule has 3 atom stereocenters. The van der Waals surface area contributed by atoms with Crippen LogP contribution in [-0.2, 0) is 28.7 Å². The van der Waals surface area contributed by atoms with E-state index in [0.29, 0.717) is 6.42 Å². The Kier molecular flexibility index (Phi) is 7.82. The van der Waals surface area contributed by atoms with E-state index in [2.05, 4.69) is 15.4 Å². The molecule has 170 valence electrons. The number of nitrogens with zero attached hydrogens (tertiary/aromatic N) is 1. The van der Waals surface area contributed by atoms with Crippen molar-refractivity contribution < 1.29 is 33.4 Å². The maximum atomic E-state index is 13.0. The number of primary amides is 1. The number of esters is 1. The summed E-state index contributed by atoms with van der Waals surface area (Å²) in [6, 6.07) is -1.88. The molecule has 0 radical (unpaired) electrons. The largest absolute Gasteiger partial charge is 0.468 e. The Labute approximate surface area is 176 Å². The smallest absolute Gasteiger partial charge is 0.408 e. The number of ether oxygens (including phenoxy) is 2. The van der Waals surface area contributed by atoms with Crippen molar-refractivity contribution in [2.75, 3.05) is 13.7 Å². The van der Waals surface area contributed by atoms with Crippen molar-refractivity contribution in [3.05, 3.63) is 0 Å². The van der Waals surface area contributed by atoms with E-state index in [-0.39, 0.29) is 5.92 Å². The fourth-order valence-electron chi connectivity index (χ4n) is 3.17. The first kappa shape index (κ1) is 25.2. The van der Waals surface area contributed by atoms with Gasteiger partial charge in [-0.3, -0.25) is 19.2 Å². The number of hydrogen-bond acceptors (Lipinski definition) is 7. The van der Waals surface area contributed by atoms with Crippen molar-refractivity contribution in [2.45, 2.75) is 71.2 Å². The van der Waals surface area contributed by atoms with Gasteiger partial charge in [0.15, 0.2) is 0 Å². The second-order valence-corrected chi connectivity index (χ2v) is 8.61. The summed E-state index contributed by atoms with van der Waals surface area (Å²) in [6.45, 7) is 9.67. The van der Waals surface area contributed by atoms with Crippen LogP contribution in [0.4, 0.5) is 4.79 Å². The van der Waals surface area contributed by atoms with Gasteiger partial charge >= 0.3 is 12.1 Å². The summed E-state index contributed by atoms with van der Waals surface area (Å²) in [5.74, 6) is -3.24. The van der Waals surface area contributed by atoms with Gasteiger partial charge in [-0.25, -0.2) is 4.79 Å². The molecule has 1 saturated heterocycles. The second-order valence-electron chi connectivity index (χ2n) is 8.61. The highest BCUT2D eigenvalue weighted by Gasteiger charge is 2.74. The molecular weight excluding hydrogens is 396 g/mol. The van der Waals surface area contributed by atoms with Gasteiger partial charge in [0.2, 0.25) is 11.4 Å². The zero-order chi connectivity index (χ0) is 23.4. The van der Waals surface area contributed by atoms with E-state index >= 15 is 0 Å². The number of methoxy groups -OCH3 is 1. The highest BCUT2D eigenvalue weighted by atomic mass is 16.6. The van der Waals surface area contributed by atoms with Gasteiger partial charge < -0.3 is 30.7 Å². The lowest BCUT2D eigenvalue weighted by molar-refractivity contribution is -0.143. The fourth-order valence-corrected chi connectivity index (χ4v) is 3.17. The summed E-state index contributed by atoms with van der Waals surface area (Å²) in [5, 5.41) is 4.69. The molecule has 11 nitrogen and oxygen atoms in total. The third-order valence-electron chi connectivity index (χ3n) is 4.48. The minimum Gasteiger partial charge on any atom is -0.468 e. The molecule has 1 aliphatic heterocycles. The van der Waals surface area contributed by atoms with Gasteiger partial charge in [0.1, 0.15) is 18.2 Å². The first-order valence-electron chi connectivity index (χ1n) is 9.66. The number of nitrogens with one attached hydrogen (secondary N) is 2. The first-order chi connectivity index (χ1) is 13.7. The fraction of sp³-hybridized carbons (Fsp3) is 0.737. The summed E-state index contributed by atoms with van der Waals surface area (Å²) in [5.41, 5.74) is 2.82. The Morgan fingerprint density at radius 1 is 1.13 bits per heavy atom. The SMILES string of the molecule is COC(=O)CNC(=O)C1(C(N)=O)C(CC(C)C)N1C(=O)[C@H](C)NC(=O)OC(C)(C)C. The average Bonchev–Trinajstić information content (AvgIpc) is 3.25. The highest BCUT2D eigenvalue weighted by molar-refractivity contribution is 6.18. The molecule has 4 N–H and O–H groups in total. The third kappa shape index (κ3) is 5.61. The van der Waals surface area contributed by atoms with Gasteiger partial charge in [-0.1, -0.05) is 13.8 Å². The van der Waals surface area contributed by atoms with Gasteiger partial charge in [0.25, 0.3) is 11.8 Å². The minimum absolute atomic E-state index is 0.0362. The Morgan fingerprint density at radius 3 is 2.13 bits per heavy atom. The molecule has 0 aromatic rings. The summed E-state index contributed by atoms with van der Waals surface area (Å²) in [4.78, 5) is 62.5. The van der Waals surface area contributed by atoms with E-state index in [9.17, 15) is 24.0 Å². The Hall–Kier alpha value is -2.85. The molecule has 0 saturated carbocycles. The number of alkyl carbamates (subject to hydrolysis) is 1. The number of nitrogens with two attached hydrogens (primary N) is 1. The first-order valence-corrected chi connectivity index (χ1v) is 9.66. The van der Waals surface area contributed by atoms with Crippen molar-refractivity contribution in [2.24, 2.45) is 11.7 Å². The van der Waals surface area contributed by atoms with Gasteiger partial charge in [-0.15, -0.1) is 0 Å². The Morgan fingerprint density at radius 2 is 1.70 bits per heavy atom. The van der Waals surface area contributed by atoms with Crippen LogP contribution < -0.4 is 16.4 Å². The number of carbonyl (C=O) groups excluding carboxylic acids is 5. The molecule has 11 heteroatoms. The van der Waals surface area contributed by atoms with E-state index in [0.717, 1.165) is 12.0 Å². The number of amides is 4. The van der Waals surface area contributed by atoms with Gasteiger partial charge in [0.05, 0.1) is 13.2 Å².